The van der Waals surface area contributed by atoms with Crippen LogP contribution in [0.15, 0.2) is 52.0 Å². The summed E-state index contributed by atoms with van der Waals surface area (Å²) in [6.07, 6.45) is 1.52. The number of hydrazone groups is 1. The molecule has 0 atom stereocenters. The maximum Gasteiger partial charge on any atom is 0.277 e. The van der Waals surface area contributed by atoms with Crippen LogP contribution < -0.4 is 10.2 Å². The summed E-state index contributed by atoms with van der Waals surface area (Å²) in [5, 5.41) is 5.06. The molecule has 0 heterocycles. The Kier molecular flexibility index (Phi) is 6.24. The van der Waals surface area contributed by atoms with E-state index in [4.69, 9.17) is 27.9 Å². The molecule has 4 nitrogen and oxygen atoms in total. The second kappa shape index (κ2) is 8.17. The third-order valence-electron chi connectivity index (χ3n) is 2.53. The molecular formula is C15H11BrCl2N2O2. The van der Waals surface area contributed by atoms with E-state index in [2.05, 4.69) is 26.5 Å². The molecule has 0 fully saturated rings. The molecule has 2 aromatic rings. The van der Waals surface area contributed by atoms with E-state index in [0.29, 0.717) is 20.3 Å². The molecule has 0 aliphatic carbocycles. The number of hydrogen-bond acceptors (Lipinski definition) is 3. The van der Waals surface area contributed by atoms with Crippen molar-refractivity contribution in [1.82, 2.24) is 5.43 Å². The predicted octanol–water partition coefficient (Wildman–Crippen LogP) is 4.29. The number of carbonyl (C=O) groups excluding carboxylic acids is 1. The summed E-state index contributed by atoms with van der Waals surface area (Å²) >= 11 is 14.9. The standard InChI is InChI=1S/C15H11BrCl2N2O2/c16-13-7-12(18)5-6-14(13)22-9-15(21)20-19-8-10-1-3-11(17)4-2-10/h1-8H,9H2,(H,20,21)/b19-8+. The first-order valence-corrected chi connectivity index (χ1v) is 7.75. The number of nitrogens with one attached hydrogen (secondary N) is 1. The van der Waals surface area contributed by atoms with Gasteiger partial charge in [0, 0.05) is 10.0 Å². The molecular weight excluding hydrogens is 391 g/mol. The van der Waals surface area contributed by atoms with E-state index in [1.807, 2.05) is 0 Å². The van der Waals surface area contributed by atoms with Crippen molar-refractivity contribution in [3.8, 4) is 5.75 Å². The van der Waals surface area contributed by atoms with E-state index in [1.54, 1.807) is 42.5 Å². The van der Waals surface area contributed by atoms with Crippen LogP contribution in [0.1, 0.15) is 5.56 Å². The van der Waals surface area contributed by atoms with Gasteiger partial charge in [-0.1, -0.05) is 35.3 Å². The number of carbonyl (C=O) groups is 1. The number of ether oxygens (including phenoxy) is 1. The van der Waals surface area contributed by atoms with Crippen molar-refractivity contribution in [3.05, 3.63) is 62.5 Å². The van der Waals surface area contributed by atoms with Gasteiger partial charge in [-0.3, -0.25) is 4.79 Å². The number of hydrogen-bond donors (Lipinski definition) is 1. The van der Waals surface area contributed by atoms with Gasteiger partial charge in [0.05, 0.1) is 10.7 Å². The van der Waals surface area contributed by atoms with E-state index < -0.39 is 0 Å². The molecule has 0 radical (unpaired) electrons. The molecule has 1 N–H and O–H groups in total. The number of nitrogens with zero attached hydrogens (tertiary/aromatic N) is 1. The Hall–Kier alpha value is -1.56. The van der Waals surface area contributed by atoms with Crippen LogP contribution >= 0.6 is 39.1 Å². The van der Waals surface area contributed by atoms with Gasteiger partial charge in [0.1, 0.15) is 5.75 Å². The molecule has 2 aromatic carbocycles. The highest BCUT2D eigenvalue weighted by atomic mass is 79.9. The topological polar surface area (TPSA) is 50.7 Å². The van der Waals surface area contributed by atoms with Crippen LogP contribution in [-0.2, 0) is 4.79 Å². The van der Waals surface area contributed by atoms with Crippen molar-refractivity contribution >= 4 is 51.3 Å². The highest BCUT2D eigenvalue weighted by Gasteiger charge is 2.05. The summed E-state index contributed by atoms with van der Waals surface area (Å²) in [6.45, 7) is -0.155. The Morgan fingerprint density at radius 1 is 1.18 bits per heavy atom. The molecule has 0 saturated carbocycles. The van der Waals surface area contributed by atoms with Crippen LogP contribution in [0.2, 0.25) is 10.0 Å². The maximum atomic E-state index is 11.6. The molecule has 0 saturated heterocycles. The molecule has 0 aliphatic rings. The Labute approximate surface area is 146 Å². The van der Waals surface area contributed by atoms with Crippen LogP contribution in [0.5, 0.6) is 5.75 Å². The SMILES string of the molecule is O=C(COc1ccc(Cl)cc1Br)N/N=C/c1ccc(Cl)cc1. The number of benzene rings is 2. The summed E-state index contributed by atoms with van der Waals surface area (Å²) in [7, 11) is 0. The van der Waals surface area contributed by atoms with E-state index in [0.717, 1.165) is 5.56 Å². The first-order valence-electron chi connectivity index (χ1n) is 6.20. The van der Waals surface area contributed by atoms with Crippen molar-refractivity contribution in [2.24, 2.45) is 5.10 Å². The van der Waals surface area contributed by atoms with Crippen molar-refractivity contribution in [1.29, 1.82) is 0 Å². The summed E-state index contributed by atoms with van der Waals surface area (Å²) in [5.41, 5.74) is 3.20. The Morgan fingerprint density at radius 3 is 2.55 bits per heavy atom. The minimum Gasteiger partial charge on any atom is -0.483 e. The molecule has 114 valence electrons. The van der Waals surface area contributed by atoms with Gasteiger partial charge in [-0.2, -0.15) is 5.10 Å². The third kappa shape index (κ3) is 5.33. The first-order chi connectivity index (χ1) is 10.5. The lowest BCUT2D eigenvalue weighted by Gasteiger charge is -2.07. The second-order valence-corrected chi connectivity index (χ2v) is 5.94. The van der Waals surface area contributed by atoms with Crippen LogP contribution in [-0.4, -0.2) is 18.7 Å². The van der Waals surface area contributed by atoms with E-state index >= 15 is 0 Å². The molecule has 0 unspecified atom stereocenters. The third-order valence-corrected chi connectivity index (χ3v) is 3.63. The monoisotopic (exact) mass is 400 g/mol. The highest BCUT2D eigenvalue weighted by Crippen LogP contribution is 2.27. The predicted molar refractivity (Wildman–Crippen MR) is 91.8 cm³/mol. The zero-order chi connectivity index (χ0) is 15.9. The van der Waals surface area contributed by atoms with Gasteiger partial charge in [-0.25, -0.2) is 5.43 Å². The summed E-state index contributed by atoms with van der Waals surface area (Å²) in [6, 6.07) is 12.1. The average Bonchev–Trinajstić information content (AvgIpc) is 2.48. The van der Waals surface area contributed by atoms with Crippen molar-refractivity contribution in [2.75, 3.05) is 6.61 Å². The van der Waals surface area contributed by atoms with Crippen molar-refractivity contribution < 1.29 is 9.53 Å². The molecule has 2 rings (SSSR count). The van der Waals surface area contributed by atoms with Gasteiger partial charge < -0.3 is 4.74 Å². The fourth-order valence-corrected chi connectivity index (χ4v) is 2.42. The highest BCUT2D eigenvalue weighted by molar-refractivity contribution is 9.10. The summed E-state index contributed by atoms with van der Waals surface area (Å²) < 4.78 is 6.04. The van der Waals surface area contributed by atoms with Gasteiger partial charge in [0.15, 0.2) is 6.61 Å². The van der Waals surface area contributed by atoms with E-state index in [-0.39, 0.29) is 12.5 Å². The van der Waals surface area contributed by atoms with Gasteiger partial charge in [0.2, 0.25) is 0 Å². The molecule has 0 bridgehead atoms. The lowest BCUT2D eigenvalue weighted by molar-refractivity contribution is -0.123. The molecule has 0 aromatic heterocycles. The minimum absolute atomic E-state index is 0.155. The molecule has 0 spiro atoms. The van der Waals surface area contributed by atoms with E-state index in [9.17, 15) is 4.79 Å². The molecule has 1 amide bonds. The largest absolute Gasteiger partial charge is 0.483 e. The quantitative estimate of drug-likeness (QED) is 0.600. The minimum atomic E-state index is -0.368. The van der Waals surface area contributed by atoms with E-state index in [1.165, 1.54) is 6.21 Å². The second-order valence-electron chi connectivity index (χ2n) is 4.21. The Balaban J connectivity index is 1.81. The van der Waals surface area contributed by atoms with Gasteiger partial charge >= 0.3 is 0 Å². The fraction of sp³-hybridized carbons (Fsp3) is 0.0667. The lowest BCUT2D eigenvalue weighted by atomic mass is 10.2. The maximum absolute atomic E-state index is 11.6. The van der Waals surface area contributed by atoms with Crippen molar-refractivity contribution in [2.45, 2.75) is 0 Å². The molecule has 7 heteroatoms. The van der Waals surface area contributed by atoms with Crippen LogP contribution in [0.3, 0.4) is 0 Å². The summed E-state index contributed by atoms with van der Waals surface area (Å²) in [4.78, 5) is 11.6. The molecule has 22 heavy (non-hydrogen) atoms. The number of rotatable bonds is 5. The fourth-order valence-electron chi connectivity index (χ4n) is 1.50. The van der Waals surface area contributed by atoms with Gasteiger partial charge in [0.25, 0.3) is 5.91 Å². The number of halogens is 3. The zero-order valence-corrected chi connectivity index (χ0v) is 14.3. The average molecular weight is 402 g/mol. The number of amides is 1. The van der Waals surface area contributed by atoms with Crippen LogP contribution in [0.4, 0.5) is 0 Å². The smallest absolute Gasteiger partial charge is 0.277 e. The van der Waals surface area contributed by atoms with Crippen LogP contribution in [0, 0.1) is 0 Å². The Bertz CT molecular complexity index is 690. The molecule has 0 aliphatic heterocycles. The Morgan fingerprint density at radius 2 is 1.86 bits per heavy atom. The van der Waals surface area contributed by atoms with Crippen molar-refractivity contribution in [3.63, 3.8) is 0 Å². The van der Waals surface area contributed by atoms with Gasteiger partial charge in [-0.05, 0) is 51.8 Å². The summed E-state index contributed by atoms with van der Waals surface area (Å²) in [5.74, 6) is 0.160. The van der Waals surface area contributed by atoms with Crippen LogP contribution in [0.25, 0.3) is 0 Å². The normalized spacial score (nSPS) is 10.7. The van der Waals surface area contributed by atoms with Gasteiger partial charge in [-0.15, -0.1) is 0 Å². The zero-order valence-electron chi connectivity index (χ0n) is 11.2. The first kappa shape index (κ1) is 16.8. The lowest BCUT2D eigenvalue weighted by Crippen LogP contribution is -2.24.